The van der Waals surface area contributed by atoms with Gasteiger partial charge in [-0.05, 0) is 20.8 Å². The second kappa shape index (κ2) is 20.1. The standard InChI is InChI=1S/C20H38O9/c1-5-22-6-7-23-8-9-24-10-11-25-12-13-26-14-15-27-16-17-28-18-19(21)29-20(2,3)4/h5H,1,6-18H2,2-4H3. The predicted octanol–water partition coefficient (Wildman–Crippen LogP) is 1.59. The Hall–Kier alpha value is -1.23. The van der Waals surface area contributed by atoms with Gasteiger partial charge in [0.25, 0.3) is 0 Å². The van der Waals surface area contributed by atoms with Crippen molar-refractivity contribution in [3.63, 3.8) is 0 Å². The molecule has 0 heterocycles. The molecule has 0 spiro atoms. The molecule has 0 rings (SSSR count). The smallest absolute Gasteiger partial charge is 0.332 e. The first-order valence-electron chi connectivity index (χ1n) is 9.86. The van der Waals surface area contributed by atoms with E-state index in [1.165, 1.54) is 6.26 Å². The van der Waals surface area contributed by atoms with Gasteiger partial charge in [-0.3, -0.25) is 0 Å². The minimum atomic E-state index is -0.499. The second-order valence-corrected chi connectivity index (χ2v) is 6.74. The zero-order chi connectivity index (χ0) is 21.6. The van der Waals surface area contributed by atoms with E-state index >= 15 is 0 Å². The number of rotatable bonds is 21. The molecule has 0 unspecified atom stereocenters. The van der Waals surface area contributed by atoms with Crippen molar-refractivity contribution >= 4 is 5.97 Å². The lowest BCUT2D eigenvalue weighted by Crippen LogP contribution is -2.27. The van der Waals surface area contributed by atoms with Crippen molar-refractivity contribution in [3.05, 3.63) is 12.8 Å². The second-order valence-electron chi connectivity index (χ2n) is 6.74. The maximum absolute atomic E-state index is 11.4. The first-order chi connectivity index (χ1) is 14.0. The van der Waals surface area contributed by atoms with Gasteiger partial charge in [-0.25, -0.2) is 4.79 Å². The molecule has 0 saturated carbocycles. The average Bonchev–Trinajstić information content (AvgIpc) is 2.65. The summed E-state index contributed by atoms with van der Waals surface area (Å²) >= 11 is 0. The fraction of sp³-hybridized carbons (Fsp3) is 0.850. The summed E-state index contributed by atoms with van der Waals surface area (Å²) in [4.78, 5) is 11.4. The highest BCUT2D eigenvalue weighted by Gasteiger charge is 2.15. The van der Waals surface area contributed by atoms with Crippen LogP contribution in [0.15, 0.2) is 12.8 Å². The van der Waals surface area contributed by atoms with Crippen LogP contribution in [0.4, 0.5) is 0 Å². The van der Waals surface area contributed by atoms with E-state index in [2.05, 4.69) is 6.58 Å². The van der Waals surface area contributed by atoms with Gasteiger partial charge in [-0.15, -0.1) is 0 Å². The predicted molar refractivity (Wildman–Crippen MR) is 107 cm³/mol. The van der Waals surface area contributed by atoms with Gasteiger partial charge in [0, 0.05) is 0 Å². The largest absolute Gasteiger partial charge is 0.499 e. The maximum atomic E-state index is 11.4. The van der Waals surface area contributed by atoms with Crippen LogP contribution in [0.2, 0.25) is 0 Å². The molecule has 29 heavy (non-hydrogen) atoms. The molecule has 0 bridgehead atoms. The fourth-order valence-electron chi connectivity index (χ4n) is 1.82. The lowest BCUT2D eigenvalue weighted by Gasteiger charge is -2.19. The third-order valence-electron chi connectivity index (χ3n) is 2.96. The molecule has 0 aromatic heterocycles. The van der Waals surface area contributed by atoms with Crippen LogP contribution in [0.25, 0.3) is 0 Å². The SMILES string of the molecule is C=COCCOCCOCCOCCOCCOCCOCC(=O)OC(C)(C)C. The first-order valence-corrected chi connectivity index (χ1v) is 9.86. The van der Waals surface area contributed by atoms with Crippen LogP contribution in [0.1, 0.15) is 20.8 Å². The van der Waals surface area contributed by atoms with Gasteiger partial charge in [0.2, 0.25) is 0 Å². The number of hydrogen-bond donors (Lipinski definition) is 0. The zero-order valence-corrected chi connectivity index (χ0v) is 18.2. The molecular weight excluding hydrogens is 384 g/mol. The molecule has 0 aliphatic carbocycles. The molecule has 9 heteroatoms. The van der Waals surface area contributed by atoms with Gasteiger partial charge >= 0.3 is 5.97 Å². The van der Waals surface area contributed by atoms with Crippen molar-refractivity contribution in [2.75, 3.05) is 85.9 Å². The highest BCUT2D eigenvalue weighted by molar-refractivity contribution is 5.71. The molecule has 9 nitrogen and oxygen atoms in total. The van der Waals surface area contributed by atoms with E-state index < -0.39 is 5.60 Å². The molecule has 0 atom stereocenters. The Bertz CT molecular complexity index is 383. The van der Waals surface area contributed by atoms with Crippen LogP contribution >= 0.6 is 0 Å². The van der Waals surface area contributed by atoms with Crippen molar-refractivity contribution < 1.29 is 42.7 Å². The van der Waals surface area contributed by atoms with E-state index in [4.69, 9.17) is 37.9 Å². The van der Waals surface area contributed by atoms with Crippen LogP contribution in [0, 0.1) is 0 Å². The Morgan fingerprint density at radius 3 is 1.34 bits per heavy atom. The molecule has 0 N–H and O–H groups in total. The van der Waals surface area contributed by atoms with Crippen molar-refractivity contribution in [3.8, 4) is 0 Å². The quantitative estimate of drug-likeness (QED) is 0.155. The molecule has 0 saturated heterocycles. The van der Waals surface area contributed by atoms with Gasteiger partial charge in [0.1, 0.15) is 18.8 Å². The van der Waals surface area contributed by atoms with E-state index in [9.17, 15) is 4.79 Å². The Labute approximate surface area is 174 Å². The summed E-state index contributed by atoms with van der Waals surface area (Å²) in [6.07, 6.45) is 1.39. The molecule has 0 amide bonds. The minimum absolute atomic E-state index is 0.0735. The summed E-state index contributed by atoms with van der Waals surface area (Å²) in [5.74, 6) is -0.381. The van der Waals surface area contributed by atoms with Crippen LogP contribution in [-0.2, 0) is 42.7 Å². The highest BCUT2D eigenvalue weighted by atomic mass is 16.6. The van der Waals surface area contributed by atoms with Crippen LogP contribution < -0.4 is 0 Å². The zero-order valence-electron chi connectivity index (χ0n) is 18.2. The van der Waals surface area contributed by atoms with E-state index in [0.29, 0.717) is 79.3 Å². The summed E-state index contributed by atoms with van der Waals surface area (Å²) in [5, 5.41) is 0. The number of hydrogen-bond acceptors (Lipinski definition) is 9. The fourth-order valence-corrected chi connectivity index (χ4v) is 1.82. The summed E-state index contributed by atoms with van der Waals surface area (Å²) in [7, 11) is 0. The molecule has 0 radical (unpaired) electrons. The average molecular weight is 423 g/mol. The summed E-state index contributed by atoms with van der Waals surface area (Å²) < 4.78 is 42.0. The lowest BCUT2D eigenvalue weighted by atomic mass is 10.2. The van der Waals surface area contributed by atoms with Crippen LogP contribution in [0.3, 0.4) is 0 Å². The van der Waals surface area contributed by atoms with Crippen molar-refractivity contribution in [2.45, 2.75) is 26.4 Å². The van der Waals surface area contributed by atoms with Crippen molar-refractivity contribution in [1.29, 1.82) is 0 Å². The van der Waals surface area contributed by atoms with Gasteiger partial charge in [-0.1, -0.05) is 6.58 Å². The molecule has 172 valence electrons. The minimum Gasteiger partial charge on any atom is -0.499 e. The van der Waals surface area contributed by atoms with Gasteiger partial charge in [0.05, 0.1) is 78.9 Å². The van der Waals surface area contributed by atoms with Crippen LogP contribution in [0.5, 0.6) is 0 Å². The molecule has 0 fully saturated rings. The van der Waals surface area contributed by atoms with Crippen LogP contribution in [-0.4, -0.2) is 97.5 Å². The monoisotopic (exact) mass is 422 g/mol. The molecule has 0 aliphatic heterocycles. The lowest BCUT2D eigenvalue weighted by molar-refractivity contribution is -0.160. The number of ether oxygens (including phenoxy) is 8. The third-order valence-corrected chi connectivity index (χ3v) is 2.96. The van der Waals surface area contributed by atoms with Gasteiger partial charge in [-0.2, -0.15) is 0 Å². The van der Waals surface area contributed by atoms with Gasteiger partial charge < -0.3 is 37.9 Å². The molecule has 0 aromatic rings. The number of esters is 1. The molecule has 0 aromatic carbocycles. The Morgan fingerprint density at radius 1 is 0.655 bits per heavy atom. The van der Waals surface area contributed by atoms with E-state index in [1.54, 1.807) is 0 Å². The normalized spacial score (nSPS) is 11.4. The summed E-state index contributed by atoms with van der Waals surface area (Å²) in [6, 6.07) is 0. The summed E-state index contributed by atoms with van der Waals surface area (Å²) in [5.41, 5.74) is -0.499. The topological polar surface area (TPSA) is 90.9 Å². The first kappa shape index (κ1) is 27.8. The van der Waals surface area contributed by atoms with Crippen molar-refractivity contribution in [2.24, 2.45) is 0 Å². The Balaban J connectivity index is 3.12. The molecule has 0 aliphatic rings. The van der Waals surface area contributed by atoms with E-state index in [1.807, 2.05) is 20.8 Å². The third kappa shape index (κ3) is 24.7. The number of carbonyl (C=O) groups is 1. The maximum Gasteiger partial charge on any atom is 0.332 e. The highest BCUT2D eigenvalue weighted by Crippen LogP contribution is 2.06. The van der Waals surface area contributed by atoms with E-state index in [-0.39, 0.29) is 12.6 Å². The van der Waals surface area contributed by atoms with Gasteiger partial charge in [0.15, 0.2) is 0 Å². The van der Waals surface area contributed by atoms with Crippen molar-refractivity contribution in [1.82, 2.24) is 0 Å². The number of carbonyl (C=O) groups excluding carboxylic acids is 1. The molecular formula is C20H38O9. The Morgan fingerprint density at radius 2 is 1.00 bits per heavy atom. The van der Waals surface area contributed by atoms with E-state index in [0.717, 1.165) is 0 Å². The summed E-state index contributed by atoms with van der Waals surface area (Å²) in [6.45, 7) is 14.5. The Kier molecular flexibility index (Phi) is 19.2.